The molecular weight excluding hydrogens is 354 g/mol. The molecule has 0 amide bonds. The standard InChI is InChI=1S/C19H16F2N4O2/c1-11-10-16(24-17-13(20)7-5-8-14(17)21)25-19(22-11)23-15-9-4-3-6-12(15)18(26)27-2/h3-10H,1-2H3,(H2,22,23,24,25). The molecule has 0 spiro atoms. The van der Waals surface area contributed by atoms with Gasteiger partial charge in [0.1, 0.15) is 23.1 Å². The number of methoxy groups -OCH3 is 1. The van der Waals surface area contributed by atoms with Crippen molar-refractivity contribution in [1.29, 1.82) is 0 Å². The van der Waals surface area contributed by atoms with Crippen molar-refractivity contribution in [2.45, 2.75) is 6.92 Å². The smallest absolute Gasteiger partial charge is 0.339 e. The van der Waals surface area contributed by atoms with Gasteiger partial charge in [-0.1, -0.05) is 18.2 Å². The molecule has 8 heteroatoms. The molecule has 3 rings (SSSR count). The van der Waals surface area contributed by atoms with Crippen LogP contribution in [-0.2, 0) is 4.74 Å². The highest BCUT2D eigenvalue weighted by molar-refractivity contribution is 5.96. The summed E-state index contributed by atoms with van der Waals surface area (Å²) in [7, 11) is 1.28. The number of halogens is 2. The summed E-state index contributed by atoms with van der Waals surface area (Å²) >= 11 is 0. The van der Waals surface area contributed by atoms with Crippen LogP contribution in [0, 0.1) is 18.6 Å². The van der Waals surface area contributed by atoms with Crippen LogP contribution in [0.1, 0.15) is 16.1 Å². The number of hydrogen-bond donors (Lipinski definition) is 2. The first kappa shape index (κ1) is 18.2. The van der Waals surface area contributed by atoms with Gasteiger partial charge in [-0.15, -0.1) is 0 Å². The van der Waals surface area contributed by atoms with Crippen molar-refractivity contribution >= 4 is 29.1 Å². The van der Waals surface area contributed by atoms with E-state index in [1.807, 2.05) is 0 Å². The van der Waals surface area contributed by atoms with Gasteiger partial charge in [-0.25, -0.2) is 18.6 Å². The van der Waals surface area contributed by atoms with E-state index in [1.54, 1.807) is 37.3 Å². The maximum absolute atomic E-state index is 13.9. The molecule has 0 radical (unpaired) electrons. The van der Waals surface area contributed by atoms with Crippen LogP contribution in [0.4, 0.5) is 31.9 Å². The van der Waals surface area contributed by atoms with E-state index in [-0.39, 0.29) is 17.5 Å². The van der Waals surface area contributed by atoms with Crippen molar-refractivity contribution in [1.82, 2.24) is 9.97 Å². The zero-order valence-electron chi connectivity index (χ0n) is 14.6. The molecule has 6 nitrogen and oxygen atoms in total. The number of hydrogen-bond acceptors (Lipinski definition) is 6. The van der Waals surface area contributed by atoms with Gasteiger partial charge >= 0.3 is 5.97 Å². The van der Waals surface area contributed by atoms with Gasteiger partial charge in [-0.3, -0.25) is 0 Å². The first-order valence-corrected chi connectivity index (χ1v) is 7.99. The molecule has 27 heavy (non-hydrogen) atoms. The van der Waals surface area contributed by atoms with Crippen LogP contribution < -0.4 is 10.6 Å². The van der Waals surface area contributed by atoms with Crippen LogP contribution in [0.3, 0.4) is 0 Å². The van der Waals surface area contributed by atoms with Crippen LogP contribution >= 0.6 is 0 Å². The molecule has 0 aliphatic heterocycles. The number of nitrogens with one attached hydrogen (secondary N) is 2. The number of aryl methyl sites for hydroxylation is 1. The molecule has 2 N–H and O–H groups in total. The lowest BCUT2D eigenvalue weighted by Gasteiger charge is -2.12. The summed E-state index contributed by atoms with van der Waals surface area (Å²) in [5.41, 5.74) is 0.997. The second-order valence-corrected chi connectivity index (χ2v) is 5.60. The number of benzene rings is 2. The van der Waals surface area contributed by atoms with Gasteiger partial charge in [0.25, 0.3) is 0 Å². The van der Waals surface area contributed by atoms with Crippen molar-refractivity contribution in [2.75, 3.05) is 17.7 Å². The lowest BCUT2D eigenvalue weighted by atomic mass is 10.2. The first-order valence-electron chi connectivity index (χ1n) is 7.99. The second kappa shape index (κ2) is 7.77. The zero-order chi connectivity index (χ0) is 19.4. The summed E-state index contributed by atoms with van der Waals surface area (Å²) in [6.07, 6.45) is 0. The van der Waals surface area contributed by atoms with Gasteiger partial charge in [0.2, 0.25) is 5.95 Å². The van der Waals surface area contributed by atoms with E-state index in [9.17, 15) is 13.6 Å². The Balaban J connectivity index is 1.92. The number of rotatable bonds is 5. The van der Waals surface area contributed by atoms with Crippen LogP contribution in [0.2, 0.25) is 0 Å². The van der Waals surface area contributed by atoms with Gasteiger partial charge in [-0.2, -0.15) is 4.98 Å². The fraction of sp³-hybridized carbons (Fsp3) is 0.105. The lowest BCUT2D eigenvalue weighted by molar-refractivity contribution is 0.0602. The average Bonchev–Trinajstić information content (AvgIpc) is 2.64. The summed E-state index contributed by atoms with van der Waals surface area (Å²) in [5.74, 6) is -1.64. The number of carbonyl (C=O) groups is 1. The monoisotopic (exact) mass is 370 g/mol. The molecule has 0 saturated heterocycles. The molecule has 1 aromatic heterocycles. The highest BCUT2D eigenvalue weighted by atomic mass is 19.1. The molecule has 3 aromatic rings. The summed E-state index contributed by atoms with van der Waals surface area (Å²) < 4.78 is 32.5. The minimum Gasteiger partial charge on any atom is -0.465 e. The number of anilines is 4. The van der Waals surface area contributed by atoms with Crippen LogP contribution in [0.5, 0.6) is 0 Å². The fourth-order valence-electron chi connectivity index (χ4n) is 2.43. The number of aromatic nitrogens is 2. The highest BCUT2D eigenvalue weighted by Gasteiger charge is 2.14. The van der Waals surface area contributed by atoms with Gasteiger partial charge in [0.15, 0.2) is 0 Å². The number of nitrogens with zero attached hydrogens (tertiary/aromatic N) is 2. The van der Waals surface area contributed by atoms with Gasteiger partial charge in [0, 0.05) is 11.8 Å². The minimum absolute atomic E-state index is 0.158. The van der Waals surface area contributed by atoms with Crippen LogP contribution in [0.15, 0.2) is 48.5 Å². The normalized spacial score (nSPS) is 10.4. The van der Waals surface area contributed by atoms with Crippen LogP contribution in [-0.4, -0.2) is 23.0 Å². The van der Waals surface area contributed by atoms with E-state index in [2.05, 4.69) is 20.6 Å². The molecule has 0 bridgehead atoms. The number of carbonyl (C=O) groups excluding carboxylic acids is 1. The van der Waals surface area contributed by atoms with E-state index < -0.39 is 17.6 Å². The molecular formula is C19H16F2N4O2. The third-order valence-electron chi connectivity index (χ3n) is 3.65. The zero-order valence-corrected chi connectivity index (χ0v) is 14.6. The van der Waals surface area contributed by atoms with Gasteiger partial charge < -0.3 is 15.4 Å². The largest absolute Gasteiger partial charge is 0.465 e. The Bertz CT molecular complexity index is 975. The molecule has 138 valence electrons. The molecule has 0 aliphatic rings. The van der Waals surface area contributed by atoms with Crippen molar-refractivity contribution in [3.8, 4) is 0 Å². The van der Waals surface area contributed by atoms with Crippen LogP contribution in [0.25, 0.3) is 0 Å². The molecule has 0 fully saturated rings. The molecule has 0 atom stereocenters. The molecule has 0 unspecified atom stereocenters. The quantitative estimate of drug-likeness (QED) is 0.651. The third kappa shape index (κ3) is 4.17. The number of ether oxygens (including phenoxy) is 1. The topological polar surface area (TPSA) is 76.1 Å². The Morgan fingerprint density at radius 2 is 1.70 bits per heavy atom. The Morgan fingerprint density at radius 3 is 2.41 bits per heavy atom. The molecule has 0 aliphatic carbocycles. The average molecular weight is 370 g/mol. The third-order valence-corrected chi connectivity index (χ3v) is 3.65. The van der Waals surface area contributed by atoms with Gasteiger partial charge in [0.05, 0.1) is 18.4 Å². The first-order chi connectivity index (χ1) is 13.0. The summed E-state index contributed by atoms with van der Waals surface area (Å²) in [4.78, 5) is 20.3. The Morgan fingerprint density at radius 1 is 1.00 bits per heavy atom. The predicted molar refractivity (Wildman–Crippen MR) is 97.5 cm³/mol. The number of para-hydroxylation sites is 2. The SMILES string of the molecule is COC(=O)c1ccccc1Nc1nc(C)cc(Nc2c(F)cccc2F)n1. The van der Waals surface area contributed by atoms with E-state index in [4.69, 9.17) is 4.74 Å². The maximum Gasteiger partial charge on any atom is 0.339 e. The Labute approximate surface area is 154 Å². The molecule has 0 saturated carbocycles. The fourth-order valence-corrected chi connectivity index (χ4v) is 2.43. The van der Waals surface area contributed by atoms with E-state index in [1.165, 1.54) is 13.2 Å². The van der Waals surface area contributed by atoms with Crippen molar-refractivity contribution in [2.24, 2.45) is 0 Å². The highest BCUT2D eigenvalue weighted by Crippen LogP contribution is 2.25. The summed E-state index contributed by atoms with van der Waals surface area (Å²) in [6.45, 7) is 1.71. The van der Waals surface area contributed by atoms with Crippen molar-refractivity contribution in [3.05, 3.63) is 71.4 Å². The van der Waals surface area contributed by atoms with Gasteiger partial charge in [-0.05, 0) is 31.2 Å². The van der Waals surface area contributed by atoms with Crippen molar-refractivity contribution < 1.29 is 18.3 Å². The van der Waals surface area contributed by atoms with E-state index >= 15 is 0 Å². The number of esters is 1. The Kier molecular flexibility index (Phi) is 5.25. The molecule has 2 aromatic carbocycles. The molecule has 1 heterocycles. The summed E-state index contributed by atoms with van der Waals surface area (Å²) in [5, 5.41) is 5.56. The predicted octanol–water partition coefficient (Wildman–Crippen LogP) is 4.34. The second-order valence-electron chi connectivity index (χ2n) is 5.60. The van der Waals surface area contributed by atoms with Crippen molar-refractivity contribution in [3.63, 3.8) is 0 Å². The van der Waals surface area contributed by atoms with E-state index in [0.29, 0.717) is 16.9 Å². The van der Waals surface area contributed by atoms with E-state index in [0.717, 1.165) is 12.1 Å². The minimum atomic E-state index is -0.739. The lowest BCUT2D eigenvalue weighted by Crippen LogP contribution is -2.08. The Hall–Kier alpha value is -3.55. The summed E-state index contributed by atoms with van der Waals surface area (Å²) in [6, 6.07) is 11.8. The maximum atomic E-state index is 13.9.